The molecule has 2 amide bonds. The van der Waals surface area contributed by atoms with Crippen LogP contribution in [0.5, 0.6) is 0 Å². The normalized spacial score (nSPS) is 23.5. The van der Waals surface area contributed by atoms with Gasteiger partial charge in [0.25, 0.3) is 0 Å². The number of rotatable bonds is 4. The maximum atomic E-state index is 11.7. The molecular weight excluding hydrogens is 228 g/mol. The van der Waals surface area contributed by atoms with E-state index in [-0.39, 0.29) is 37.7 Å². The van der Waals surface area contributed by atoms with Gasteiger partial charge < -0.3 is 20.4 Å². The Hall–Kier alpha value is -1.63. The molecule has 0 radical (unpaired) electrons. The van der Waals surface area contributed by atoms with Crippen LogP contribution in [0.3, 0.4) is 0 Å². The molecule has 0 aromatic heterocycles. The summed E-state index contributed by atoms with van der Waals surface area (Å²) in [5, 5.41) is 20.7. The highest BCUT2D eigenvalue weighted by molar-refractivity contribution is 5.85. The van der Waals surface area contributed by atoms with Gasteiger partial charge in [0, 0.05) is 32.9 Å². The molecule has 17 heavy (non-hydrogen) atoms. The van der Waals surface area contributed by atoms with E-state index < -0.39 is 18.1 Å². The van der Waals surface area contributed by atoms with E-state index in [0.717, 1.165) is 4.90 Å². The van der Waals surface area contributed by atoms with Gasteiger partial charge in [0.2, 0.25) is 11.8 Å². The van der Waals surface area contributed by atoms with Crippen molar-refractivity contribution in [3.63, 3.8) is 0 Å². The molecule has 2 atom stereocenters. The second-order valence-corrected chi connectivity index (χ2v) is 4.02. The zero-order valence-electron chi connectivity index (χ0n) is 9.55. The second kappa shape index (κ2) is 5.62. The van der Waals surface area contributed by atoms with Crippen LogP contribution in [0, 0.1) is 0 Å². The zero-order valence-corrected chi connectivity index (χ0v) is 9.55. The Balaban J connectivity index is 2.49. The van der Waals surface area contributed by atoms with Gasteiger partial charge in [0.15, 0.2) is 0 Å². The molecule has 7 nitrogen and oxygen atoms in total. The first-order chi connectivity index (χ1) is 7.91. The van der Waals surface area contributed by atoms with Gasteiger partial charge in [-0.3, -0.25) is 9.59 Å². The molecule has 0 aromatic carbocycles. The van der Waals surface area contributed by atoms with Crippen molar-refractivity contribution in [2.45, 2.75) is 31.9 Å². The molecule has 1 fully saturated rings. The molecule has 0 unspecified atom stereocenters. The van der Waals surface area contributed by atoms with E-state index in [1.54, 1.807) is 0 Å². The number of hydrogen-bond donors (Lipinski definition) is 3. The number of likely N-dealkylation sites (tertiary alicyclic amines) is 1. The zero-order chi connectivity index (χ0) is 13.0. The molecule has 0 saturated carbocycles. The van der Waals surface area contributed by atoms with Crippen molar-refractivity contribution < 1.29 is 24.6 Å². The summed E-state index contributed by atoms with van der Waals surface area (Å²) in [6.45, 7) is 1.55. The molecule has 0 spiro atoms. The van der Waals surface area contributed by atoms with E-state index in [4.69, 9.17) is 5.11 Å². The molecule has 96 valence electrons. The van der Waals surface area contributed by atoms with Crippen LogP contribution in [0.15, 0.2) is 0 Å². The molecule has 1 saturated heterocycles. The van der Waals surface area contributed by atoms with Crippen molar-refractivity contribution in [3.8, 4) is 0 Å². The summed E-state index contributed by atoms with van der Waals surface area (Å²) in [6, 6.07) is -0.963. The Morgan fingerprint density at radius 3 is 2.59 bits per heavy atom. The highest BCUT2D eigenvalue weighted by Crippen LogP contribution is 2.18. The summed E-state index contributed by atoms with van der Waals surface area (Å²) < 4.78 is 0. The number of carbonyl (C=O) groups is 3. The quantitative estimate of drug-likeness (QED) is 0.561. The summed E-state index contributed by atoms with van der Waals surface area (Å²) in [5.41, 5.74) is 0. The molecule has 0 aliphatic carbocycles. The monoisotopic (exact) mass is 244 g/mol. The fraction of sp³-hybridized carbons (Fsp3) is 0.700. The summed E-state index contributed by atoms with van der Waals surface area (Å²) in [6.07, 6.45) is -0.696. The van der Waals surface area contributed by atoms with Crippen LogP contribution in [0.1, 0.15) is 19.8 Å². The van der Waals surface area contributed by atoms with E-state index in [2.05, 4.69) is 5.32 Å². The SMILES string of the molecule is CC(=O)NCCC(=O)N1C[C@@H](O)C[C@H]1C(=O)O. The number of hydrogen-bond acceptors (Lipinski definition) is 4. The second-order valence-electron chi connectivity index (χ2n) is 4.02. The molecule has 0 aromatic rings. The number of carboxylic acid groups (broad SMARTS) is 1. The van der Waals surface area contributed by atoms with Crippen LogP contribution in [0.25, 0.3) is 0 Å². The first kappa shape index (κ1) is 13.4. The number of nitrogens with one attached hydrogen (secondary N) is 1. The Morgan fingerprint density at radius 2 is 2.06 bits per heavy atom. The van der Waals surface area contributed by atoms with Crippen molar-refractivity contribution in [2.75, 3.05) is 13.1 Å². The largest absolute Gasteiger partial charge is 0.480 e. The van der Waals surface area contributed by atoms with E-state index in [9.17, 15) is 19.5 Å². The van der Waals surface area contributed by atoms with E-state index in [1.807, 2.05) is 0 Å². The predicted octanol–water partition coefficient (Wildman–Crippen LogP) is -1.44. The van der Waals surface area contributed by atoms with Gasteiger partial charge in [-0.05, 0) is 0 Å². The van der Waals surface area contributed by atoms with E-state index in [1.165, 1.54) is 6.92 Å². The first-order valence-electron chi connectivity index (χ1n) is 5.36. The van der Waals surface area contributed by atoms with Crippen LogP contribution < -0.4 is 5.32 Å². The van der Waals surface area contributed by atoms with E-state index in [0.29, 0.717) is 0 Å². The highest BCUT2D eigenvalue weighted by atomic mass is 16.4. The van der Waals surface area contributed by atoms with Crippen LogP contribution in [0.2, 0.25) is 0 Å². The number of nitrogens with zero attached hydrogens (tertiary/aromatic N) is 1. The average Bonchev–Trinajstić information content (AvgIpc) is 2.59. The van der Waals surface area contributed by atoms with E-state index >= 15 is 0 Å². The van der Waals surface area contributed by atoms with Crippen molar-refractivity contribution in [1.29, 1.82) is 0 Å². The molecule has 7 heteroatoms. The Labute approximate surface area is 98.4 Å². The van der Waals surface area contributed by atoms with Crippen molar-refractivity contribution >= 4 is 17.8 Å². The smallest absolute Gasteiger partial charge is 0.326 e. The topological polar surface area (TPSA) is 107 Å². The van der Waals surface area contributed by atoms with Crippen LogP contribution in [0.4, 0.5) is 0 Å². The maximum absolute atomic E-state index is 11.7. The van der Waals surface area contributed by atoms with Crippen molar-refractivity contribution in [2.24, 2.45) is 0 Å². The van der Waals surface area contributed by atoms with Crippen molar-refractivity contribution in [3.05, 3.63) is 0 Å². The number of aliphatic carboxylic acids is 1. The maximum Gasteiger partial charge on any atom is 0.326 e. The first-order valence-corrected chi connectivity index (χ1v) is 5.36. The predicted molar refractivity (Wildman–Crippen MR) is 57.1 cm³/mol. The Morgan fingerprint density at radius 1 is 1.41 bits per heavy atom. The van der Waals surface area contributed by atoms with Gasteiger partial charge in [-0.1, -0.05) is 0 Å². The summed E-state index contributed by atoms with van der Waals surface area (Å²) in [4.78, 5) is 34.3. The number of aliphatic hydroxyl groups is 1. The molecule has 1 aliphatic rings. The van der Waals surface area contributed by atoms with Gasteiger partial charge in [0.05, 0.1) is 6.10 Å². The lowest BCUT2D eigenvalue weighted by Crippen LogP contribution is -2.41. The van der Waals surface area contributed by atoms with Crippen LogP contribution in [-0.4, -0.2) is 58.1 Å². The third-order valence-electron chi connectivity index (χ3n) is 2.60. The van der Waals surface area contributed by atoms with Gasteiger partial charge in [-0.15, -0.1) is 0 Å². The third-order valence-corrected chi connectivity index (χ3v) is 2.60. The summed E-state index contributed by atoms with van der Waals surface area (Å²) >= 11 is 0. The molecular formula is C10H16N2O5. The van der Waals surface area contributed by atoms with Gasteiger partial charge in [0.1, 0.15) is 6.04 Å². The summed E-state index contributed by atoms with van der Waals surface area (Å²) in [5.74, 6) is -1.73. The fourth-order valence-electron chi connectivity index (χ4n) is 1.81. The van der Waals surface area contributed by atoms with Crippen LogP contribution >= 0.6 is 0 Å². The lowest BCUT2D eigenvalue weighted by molar-refractivity contribution is -0.148. The lowest BCUT2D eigenvalue weighted by Gasteiger charge is -2.21. The summed E-state index contributed by atoms with van der Waals surface area (Å²) in [7, 11) is 0. The minimum Gasteiger partial charge on any atom is -0.480 e. The highest BCUT2D eigenvalue weighted by Gasteiger charge is 2.38. The standard InChI is InChI=1S/C10H16N2O5/c1-6(13)11-3-2-9(15)12-5-7(14)4-8(12)10(16)17/h7-8,14H,2-5H2,1H3,(H,11,13)(H,16,17)/t7-,8-/m0/s1. The number of amides is 2. The Bertz CT molecular complexity index is 331. The van der Waals surface area contributed by atoms with Gasteiger partial charge >= 0.3 is 5.97 Å². The number of aliphatic hydroxyl groups excluding tert-OH is 1. The minimum atomic E-state index is -1.12. The minimum absolute atomic E-state index is 0.0376. The van der Waals surface area contributed by atoms with Gasteiger partial charge in [-0.25, -0.2) is 4.79 Å². The van der Waals surface area contributed by atoms with Crippen molar-refractivity contribution in [1.82, 2.24) is 10.2 Å². The molecule has 1 rings (SSSR count). The third kappa shape index (κ3) is 3.70. The molecule has 1 aliphatic heterocycles. The number of carboxylic acids is 1. The van der Waals surface area contributed by atoms with Gasteiger partial charge in [-0.2, -0.15) is 0 Å². The number of β-amino-alcohol motifs (C(OH)–C–C–N with tert-alkyl or cyclic N) is 1. The average molecular weight is 244 g/mol. The Kier molecular flexibility index (Phi) is 4.45. The lowest BCUT2D eigenvalue weighted by atomic mass is 10.2. The molecule has 1 heterocycles. The number of carbonyl (C=O) groups excluding carboxylic acids is 2. The van der Waals surface area contributed by atoms with Crippen LogP contribution in [-0.2, 0) is 14.4 Å². The molecule has 0 bridgehead atoms. The fourth-order valence-corrected chi connectivity index (χ4v) is 1.81. The molecule has 3 N–H and O–H groups in total.